The van der Waals surface area contributed by atoms with Gasteiger partial charge >= 0.3 is 6.18 Å². The van der Waals surface area contributed by atoms with E-state index in [4.69, 9.17) is 9.97 Å². The van der Waals surface area contributed by atoms with Gasteiger partial charge < -0.3 is 14.5 Å². The smallest absolute Gasteiger partial charge is 0.367 e. The molecule has 0 amide bonds. The van der Waals surface area contributed by atoms with Gasteiger partial charge in [-0.2, -0.15) is 23.1 Å². The zero-order valence-electron chi connectivity index (χ0n) is 23.7. The first-order valence-electron chi connectivity index (χ1n) is 13.6. The standard InChI is InChI=1S/C29H34F3N9/c1-18(2)41(19(3)4)15-14-33-25-24-26(40(17-34-24)16-20-10-12-21(13-11-20)29(30,31)32)37-27(36-25)38-28-35-22-8-6-7-9-23(22)39(28)5/h6-13,17-19H,14-16H2,1-5H3,(H2,33,35,36,37,38). The number of nitrogens with zero attached hydrogens (tertiary/aromatic N) is 7. The van der Waals surface area contributed by atoms with E-state index in [0.717, 1.165) is 29.7 Å². The molecular formula is C29H34F3N9. The van der Waals surface area contributed by atoms with Crippen LogP contribution < -0.4 is 10.6 Å². The highest BCUT2D eigenvalue weighted by atomic mass is 19.4. The number of alkyl halides is 3. The number of aryl methyl sites for hydroxylation is 1. The molecule has 0 aliphatic rings. The maximum atomic E-state index is 13.1. The number of halogens is 3. The first kappa shape index (κ1) is 28.3. The molecule has 0 atom stereocenters. The molecule has 0 saturated carbocycles. The number of hydrogen-bond acceptors (Lipinski definition) is 7. The maximum absolute atomic E-state index is 13.1. The average Bonchev–Trinajstić information content (AvgIpc) is 3.46. The largest absolute Gasteiger partial charge is 0.416 e. The van der Waals surface area contributed by atoms with Gasteiger partial charge in [-0.3, -0.25) is 10.2 Å². The van der Waals surface area contributed by atoms with E-state index in [0.29, 0.717) is 59.6 Å². The highest BCUT2D eigenvalue weighted by Gasteiger charge is 2.30. The predicted molar refractivity (Wildman–Crippen MR) is 155 cm³/mol. The molecule has 0 saturated heterocycles. The van der Waals surface area contributed by atoms with Gasteiger partial charge in [0, 0.05) is 32.2 Å². The average molecular weight is 566 g/mol. The van der Waals surface area contributed by atoms with Crippen molar-refractivity contribution in [2.24, 2.45) is 7.05 Å². The van der Waals surface area contributed by atoms with Crippen LogP contribution in [0.25, 0.3) is 22.2 Å². The van der Waals surface area contributed by atoms with E-state index in [1.807, 2.05) is 35.9 Å². The summed E-state index contributed by atoms with van der Waals surface area (Å²) in [6.45, 7) is 10.4. The van der Waals surface area contributed by atoms with Crippen LogP contribution in [0.1, 0.15) is 38.8 Å². The second-order valence-electron chi connectivity index (χ2n) is 10.6. The van der Waals surface area contributed by atoms with Crippen LogP contribution in [0.4, 0.5) is 30.9 Å². The molecule has 0 spiro atoms. The van der Waals surface area contributed by atoms with Gasteiger partial charge in [0.05, 0.1) is 29.5 Å². The van der Waals surface area contributed by atoms with Crippen molar-refractivity contribution in [2.75, 3.05) is 23.7 Å². The number of aromatic nitrogens is 6. The van der Waals surface area contributed by atoms with E-state index in [2.05, 4.69) is 53.2 Å². The van der Waals surface area contributed by atoms with Crippen LogP contribution in [0, 0.1) is 0 Å². The fourth-order valence-corrected chi connectivity index (χ4v) is 5.01. The summed E-state index contributed by atoms with van der Waals surface area (Å²) >= 11 is 0. The normalized spacial score (nSPS) is 12.4. The molecule has 0 bridgehead atoms. The molecule has 3 heterocycles. The van der Waals surface area contributed by atoms with Gasteiger partial charge in [-0.15, -0.1) is 0 Å². The Bertz CT molecular complexity index is 1630. The van der Waals surface area contributed by atoms with Crippen molar-refractivity contribution in [3.63, 3.8) is 0 Å². The summed E-state index contributed by atoms with van der Waals surface area (Å²) in [5.41, 5.74) is 2.94. The molecule has 0 fully saturated rings. The third-order valence-electron chi connectivity index (χ3n) is 7.10. The summed E-state index contributed by atoms with van der Waals surface area (Å²) in [7, 11) is 1.91. The lowest BCUT2D eigenvalue weighted by Gasteiger charge is -2.30. The van der Waals surface area contributed by atoms with Crippen molar-refractivity contribution in [3.05, 3.63) is 66.0 Å². The van der Waals surface area contributed by atoms with Gasteiger partial charge in [0.2, 0.25) is 11.9 Å². The molecule has 2 N–H and O–H groups in total. The molecule has 216 valence electrons. The van der Waals surface area contributed by atoms with E-state index in [-0.39, 0.29) is 0 Å². The highest BCUT2D eigenvalue weighted by molar-refractivity contribution is 5.85. The van der Waals surface area contributed by atoms with E-state index in [9.17, 15) is 13.2 Å². The Morgan fingerprint density at radius 3 is 2.29 bits per heavy atom. The summed E-state index contributed by atoms with van der Waals surface area (Å²) in [4.78, 5) is 21.1. The highest BCUT2D eigenvalue weighted by Crippen LogP contribution is 2.30. The van der Waals surface area contributed by atoms with Crippen LogP contribution in [0.2, 0.25) is 0 Å². The fraction of sp³-hybridized carbons (Fsp3) is 0.379. The number of rotatable bonds is 10. The molecular weight excluding hydrogens is 531 g/mol. The van der Waals surface area contributed by atoms with Crippen LogP contribution in [-0.2, 0) is 19.8 Å². The summed E-state index contributed by atoms with van der Waals surface area (Å²) in [5, 5.41) is 6.68. The Labute approximate surface area is 236 Å². The van der Waals surface area contributed by atoms with E-state index < -0.39 is 11.7 Å². The lowest BCUT2D eigenvalue weighted by atomic mass is 10.1. The number of imidazole rings is 2. The second kappa shape index (κ2) is 11.4. The molecule has 12 heteroatoms. The summed E-state index contributed by atoms with van der Waals surface area (Å²) in [5.74, 6) is 1.48. The Kier molecular flexibility index (Phi) is 7.85. The van der Waals surface area contributed by atoms with Crippen molar-refractivity contribution >= 4 is 39.9 Å². The Balaban J connectivity index is 1.48. The van der Waals surface area contributed by atoms with Crippen molar-refractivity contribution in [1.29, 1.82) is 0 Å². The van der Waals surface area contributed by atoms with Gasteiger partial charge in [-0.1, -0.05) is 24.3 Å². The van der Waals surface area contributed by atoms with Crippen LogP contribution in [-0.4, -0.2) is 59.1 Å². The molecule has 5 aromatic rings. The Hall–Kier alpha value is -4.19. The lowest BCUT2D eigenvalue weighted by molar-refractivity contribution is -0.137. The minimum Gasteiger partial charge on any atom is -0.367 e. The Morgan fingerprint density at radius 2 is 1.63 bits per heavy atom. The van der Waals surface area contributed by atoms with Crippen molar-refractivity contribution in [1.82, 2.24) is 34.0 Å². The van der Waals surface area contributed by atoms with Crippen LogP contribution >= 0.6 is 0 Å². The molecule has 0 unspecified atom stereocenters. The minimum atomic E-state index is -4.38. The van der Waals surface area contributed by atoms with E-state index >= 15 is 0 Å². The van der Waals surface area contributed by atoms with E-state index in [1.54, 1.807) is 10.9 Å². The predicted octanol–water partition coefficient (Wildman–Crippen LogP) is 6.05. The van der Waals surface area contributed by atoms with Crippen LogP contribution in [0.3, 0.4) is 0 Å². The topological polar surface area (TPSA) is 88.7 Å². The zero-order chi connectivity index (χ0) is 29.3. The molecule has 0 radical (unpaired) electrons. The molecule has 5 rings (SSSR count). The monoisotopic (exact) mass is 565 g/mol. The quantitative estimate of drug-likeness (QED) is 0.213. The van der Waals surface area contributed by atoms with Gasteiger partial charge in [0.15, 0.2) is 17.0 Å². The number of fused-ring (bicyclic) bond motifs is 2. The van der Waals surface area contributed by atoms with E-state index in [1.165, 1.54) is 12.1 Å². The van der Waals surface area contributed by atoms with Gasteiger partial charge in [0.25, 0.3) is 0 Å². The van der Waals surface area contributed by atoms with Gasteiger partial charge in [-0.25, -0.2) is 9.97 Å². The molecule has 9 nitrogen and oxygen atoms in total. The SMILES string of the molecule is CC(C)N(CCNc1nc(Nc2nc3ccccc3n2C)nc2c1ncn2Cc1ccc(C(F)(F)F)cc1)C(C)C. The number of hydrogen-bond donors (Lipinski definition) is 2. The fourth-order valence-electron chi connectivity index (χ4n) is 5.01. The molecule has 0 aliphatic heterocycles. The lowest BCUT2D eigenvalue weighted by Crippen LogP contribution is -2.40. The van der Waals surface area contributed by atoms with Gasteiger partial charge in [-0.05, 0) is 57.5 Å². The summed E-state index contributed by atoms with van der Waals surface area (Å²) in [6, 6.07) is 13.7. The molecule has 0 aliphatic carbocycles. The van der Waals surface area contributed by atoms with Crippen molar-refractivity contribution in [2.45, 2.75) is 52.5 Å². The first-order valence-corrected chi connectivity index (χ1v) is 13.6. The Morgan fingerprint density at radius 1 is 0.927 bits per heavy atom. The van der Waals surface area contributed by atoms with Crippen LogP contribution in [0.5, 0.6) is 0 Å². The molecule has 2 aromatic carbocycles. The summed E-state index contributed by atoms with van der Waals surface area (Å²) < 4.78 is 42.9. The summed E-state index contributed by atoms with van der Waals surface area (Å²) in [6.07, 6.45) is -2.75. The van der Waals surface area contributed by atoms with Gasteiger partial charge in [0.1, 0.15) is 0 Å². The molecule has 3 aromatic heterocycles. The number of para-hydroxylation sites is 2. The third kappa shape index (κ3) is 6.12. The van der Waals surface area contributed by atoms with Crippen LogP contribution in [0.15, 0.2) is 54.9 Å². The third-order valence-corrected chi connectivity index (χ3v) is 7.10. The van der Waals surface area contributed by atoms with Crippen molar-refractivity contribution < 1.29 is 13.2 Å². The molecule has 41 heavy (non-hydrogen) atoms. The maximum Gasteiger partial charge on any atom is 0.416 e. The first-order chi connectivity index (χ1) is 19.5. The zero-order valence-corrected chi connectivity index (χ0v) is 23.7. The number of anilines is 3. The second-order valence-corrected chi connectivity index (χ2v) is 10.6. The van der Waals surface area contributed by atoms with Crippen molar-refractivity contribution in [3.8, 4) is 0 Å². The number of benzene rings is 2. The minimum absolute atomic E-state index is 0.297. The number of nitrogens with one attached hydrogen (secondary N) is 2.